The van der Waals surface area contributed by atoms with Crippen LogP contribution in [0, 0.1) is 13.8 Å². The molecule has 0 unspecified atom stereocenters. The summed E-state index contributed by atoms with van der Waals surface area (Å²) in [5, 5.41) is 2.87. The number of amides is 2. The third-order valence-electron chi connectivity index (χ3n) is 5.58. The van der Waals surface area contributed by atoms with Crippen LogP contribution in [-0.2, 0) is 26.2 Å². The Morgan fingerprint density at radius 3 is 2.32 bits per heavy atom. The van der Waals surface area contributed by atoms with E-state index in [2.05, 4.69) is 21.2 Å². The smallest absolute Gasteiger partial charge is 0.244 e. The lowest BCUT2D eigenvalue weighted by molar-refractivity contribution is -0.139. The van der Waals surface area contributed by atoms with Gasteiger partial charge in [-0.05, 0) is 62.1 Å². The van der Waals surface area contributed by atoms with Crippen molar-refractivity contribution in [3.05, 3.63) is 63.6 Å². The summed E-state index contributed by atoms with van der Waals surface area (Å²) in [6, 6.07) is 12.2. The molecular weight excluding hydrogens is 518 g/mol. The van der Waals surface area contributed by atoms with Crippen molar-refractivity contribution in [2.45, 2.75) is 53.1 Å². The Kier molecular flexibility index (Phi) is 10.1. The molecule has 2 amide bonds. The number of aryl methyl sites for hydroxylation is 2. The SMILES string of the molecule is CCCCNC(=O)[C@@H](C)N(Cc1ccc(Br)cc1)C(=O)CN(c1cc(C)ccc1C)S(C)(=O)=O. The van der Waals surface area contributed by atoms with Crippen molar-refractivity contribution in [3.8, 4) is 0 Å². The van der Waals surface area contributed by atoms with Crippen LogP contribution in [0.25, 0.3) is 0 Å². The fourth-order valence-corrected chi connectivity index (χ4v) is 4.65. The maximum Gasteiger partial charge on any atom is 0.244 e. The van der Waals surface area contributed by atoms with Crippen LogP contribution in [0.5, 0.6) is 0 Å². The molecule has 0 aromatic heterocycles. The van der Waals surface area contributed by atoms with Crippen LogP contribution in [0.1, 0.15) is 43.4 Å². The number of rotatable bonds is 11. The Morgan fingerprint density at radius 2 is 1.74 bits per heavy atom. The average molecular weight is 553 g/mol. The maximum absolute atomic E-state index is 13.5. The zero-order chi connectivity index (χ0) is 25.5. The minimum atomic E-state index is -3.75. The Labute approximate surface area is 211 Å². The van der Waals surface area contributed by atoms with Gasteiger partial charge in [0.25, 0.3) is 0 Å². The Morgan fingerprint density at radius 1 is 1.09 bits per heavy atom. The van der Waals surface area contributed by atoms with Crippen LogP contribution in [-0.4, -0.2) is 50.5 Å². The lowest BCUT2D eigenvalue weighted by atomic mass is 10.1. The molecule has 0 radical (unpaired) electrons. The van der Waals surface area contributed by atoms with Crippen LogP contribution in [0.2, 0.25) is 0 Å². The summed E-state index contributed by atoms with van der Waals surface area (Å²) in [7, 11) is -3.75. The molecule has 186 valence electrons. The highest BCUT2D eigenvalue weighted by molar-refractivity contribution is 9.10. The second kappa shape index (κ2) is 12.4. The van der Waals surface area contributed by atoms with Crippen molar-refractivity contribution < 1.29 is 18.0 Å². The molecule has 0 aliphatic heterocycles. The lowest BCUT2D eigenvalue weighted by Gasteiger charge is -2.32. The zero-order valence-electron chi connectivity index (χ0n) is 20.5. The van der Waals surface area contributed by atoms with Gasteiger partial charge in [0.05, 0.1) is 11.9 Å². The first-order valence-electron chi connectivity index (χ1n) is 11.3. The molecule has 2 rings (SSSR count). The Bertz CT molecular complexity index is 1100. The van der Waals surface area contributed by atoms with E-state index in [-0.39, 0.29) is 12.5 Å². The molecule has 0 bridgehead atoms. The van der Waals surface area contributed by atoms with Crippen molar-refractivity contribution >= 4 is 43.5 Å². The van der Waals surface area contributed by atoms with Crippen LogP contribution in [0.4, 0.5) is 5.69 Å². The summed E-state index contributed by atoms with van der Waals surface area (Å²) in [5.41, 5.74) is 2.92. The summed E-state index contributed by atoms with van der Waals surface area (Å²) in [6.45, 7) is 7.68. The highest BCUT2D eigenvalue weighted by Gasteiger charge is 2.30. The van der Waals surface area contributed by atoms with E-state index in [1.54, 1.807) is 19.9 Å². The van der Waals surface area contributed by atoms with E-state index >= 15 is 0 Å². The highest BCUT2D eigenvalue weighted by Crippen LogP contribution is 2.24. The molecule has 7 nitrogen and oxygen atoms in total. The first-order valence-corrected chi connectivity index (χ1v) is 13.9. The summed E-state index contributed by atoms with van der Waals surface area (Å²) >= 11 is 3.40. The fraction of sp³-hybridized carbons (Fsp3) is 0.440. The second-order valence-electron chi connectivity index (χ2n) is 8.53. The van der Waals surface area contributed by atoms with E-state index in [4.69, 9.17) is 0 Å². The summed E-state index contributed by atoms with van der Waals surface area (Å²) in [5.74, 6) is -0.719. The molecule has 1 atom stereocenters. The quantitative estimate of drug-likeness (QED) is 0.424. The average Bonchev–Trinajstić information content (AvgIpc) is 2.77. The number of carbonyl (C=O) groups excluding carboxylic acids is 2. The molecule has 0 aliphatic rings. The predicted molar refractivity (Wildman–Crippen MR) is 140 cm³/mol. The molecule has 0 spiro atoms. The van der Waals surface area contributed by atoms with Gasteiger partial charge in [0.2, 0.25) is 21.8 Å². The molecule has 0 saturated heterocycles. The lowest BCUT2D eigenvalue weighted by Crippen LogP contribution is -2.51. The number of nitrogens with zero attached hydrogens (tertiary/aromatic N) is 2. The number of hydrogen-bond donors (Lipinski definition) is 1. The number of nitrogens with one attached hydrogen (secondary N) is 1. The monoisotopic (exact) mass is 551 g/mol. The number of sulfonamides is 1. The van der Waals surface area contributed by atoms with Gasteiger partial charge in [-0.1, -0.05) is 53.5 Å². The molecule has 34 heavy (non-hydrogen) atoms. The molecule has 0 fully saturated rings. The first-order chi connectivity index (χ1) is 15.9. The van der Waals surface area contributed by atoms with Gasteiger partial charge in [0.1, 0.15) is 12.6 Å². The van der Waals surface area contributed by atoms with Gasteiger partial charge in [-0.3, -0.25) is 13.9 Å². The molecular formula is C25H34BrN3O4S. The minimum Gasteiger partial charge on any atom is -0.354 e. The van der Waals surface area contributed by atoms with Crippen molar-refractivity contribution in [2.24, 2.45) is 0 Å². The van der Waals surface area contributed by atoms with E-state index < -0.39 is 28.5 Å². The molecule has 1 N–H and O–H groups in total. The van der Waals surface area contributed by atoms with Gasteiger partial charge < -0.3 is 10.2 Å². The van der Waals surface area contributed by atoms with Gasteiger partial charge in [0, 0.05) is 17.6 Å². The predicted octanol–water partition coefficient (Wildman–Crippen LogP) is 4.17. The Hall–Kier alpha value is -2.39. The van der Waals surface area contributed by atoms with Crippen LogP contribution in [0.15, 0.2) is 46.9 Å². The summed E-state index contributed by atoms with van der Waals surface area (Å²) in [4.78, 5) is 27.8. The molecule has 2 aromatic carbocycles. The van der Waals surface area contributed by atoms with Gasteiger partial charge in [-0.2, -0.15) is 0 Å². The first kappa shape index (κ1) is 27.9. The van der Waals surface area contributed by atoms with Crippen molar-refractivity contribution in [2.75, 3.05) is 23.7 Å². The van der Waals surface area contributed by atoms with Crippen molar-refractivity contribution in [1.82, 2.24) is 10.2 Å². The number of unbranched alkanes of at least 4 members (excludes halogenated alkanes) is 1. The van der Waals surface area contributed by atoms with Gasteiger partial charge in [-0.15, -0.1) is 0 Å². The van der Waals surface area contributed by atoms with Crippen LogP contribution in [0.3, 0.4) is 0 Å². The molecule has 0 saturated carbocycles. The molecule has 0 heterocycles. The standard InChI is InChI=1S/C25H34BrN3O4S/c1-6-7-14-27-25(31)20(4)28(16-21-10-12-22(26)13-11-21)24(30)17-29(34(5,32)33)23-15-18(2)8-9-19(23)3/h8-13,15,20H,6-7,14,16-17H2,1-5H3,(H,27,31)/t20-/m1/s1. The summed E-state index contributed by atoms with van der Waals surface area (Å²) in [6.07, 6.45) is 2.87. The highest BCUT2D eigenvalue weighted by atomic mass is 79.9. The largest absolute Gasteiger partial charge is 0.354 e. The topological polar surface area (TPSA) is 86.8 Å². The number of carbonyl (C=O) groups is 2. The van der Waals surface area contributed by atoms with E-state index in [9.17, 15) is 18.0 Å². The van der Waals surface area contributed by atoms with E-state index in [1.807, 2.05) is 50.2 Å². The van der Waals surface area contributed by atoms with E-state index in [1.165, 1.54) is 4.90 Å². The Balaban J connectivity index is 2.38. The van der Waals surface area contributed by atoms with Gasteiger partial charge in [-0.25, -0.2) is 8.42 Å². The normalized spacial score (nSPS) is 12.2. The van der Waals surface area contributed by atoms with Gasteiger partial charge in [0.15, 0.2) is 0 Å². The third-order valence-corrected chi connectivity index (χ3v) is 7.23. The minimum absolute atomic E-state index is 0.179. The fourth-order valence-electron chi connectivity index (χ4n) is 3.49. The molecule has 0 aliphatic carbocycles. The van der Waals surface area contributed by atoms with Crippen molar-refractivity contribution in [3.63, 3.8) is 0 Å². The van der Waals surface area contributed by atoms with E-state index in [0.29, 0.717) is 12.2 Å². The molecule has 2 aromatic rings. The van der Waals surface area contributed by atoms with Crippen LogP contribution >= 0.6 is 15.9 Å². The van der Waals surface area contributed by atoms with Gasteiger partial charge >= 0.3 is 0 Å². The van der Waals surface area contributed by atoms with E-state index in [0.717, 1.165) is 44.6 Å². The number of hydrogen-bond acceptors (Lipinski definition) is 4. The van der Waals surface area contributed by atoms with Crippen LogP contribution < -0.4 is 9.62 Å². The molecule has 9 heteroatoms. The van der Waals surface area contributed by atoms with Crippen molar-refractivity contribution in [1.29, 1.82) is 0 Å². The summed E-state index contributed by atoms with van der Waals surface area (Å²) < 4.78 is 27.4. The zero-order valence-corrected chi connectivity index (χ0v) is 22.9. The number of halogens is 1. The maximum atomic E-state index is 13.5. The number of benzene rings is 2. The second-order valence-corrected chi connectivity index (χ2v) is 11.4. The third kappa shape index (κ3) is 7.84. The number of anilines is 1.